The van der Waals surface area contributed by atoms with Gasteiger partial charge in [-0.25, -0.2) is 8.78 Å². The molecule has 2 N–H and O–H groups in total. The monoisotopic (exact) mass is 223 g/mol. The summed E-state index contributed by atoms with van der Waals surface area (Å²) >= 11 is 0. The molecule has 90 valence electrons. The number of rotatable bonds is 4. The lowest BCUT2D eigenvalue weighted by Crippen LogP contribution is -2.54. The zero-order valence-corrected chi connectivity index (χ0v) is 8.94. The molecule has 5 heteroatoms. The first-order chi connectivity index (χ1) is 7.06. The summed E-state index contributed by atoms with van der Waals surface area (Å²) in [7, 11) is 0. The van der Waals surface area contributed by atoms with E-state index >= 15 is 0 Å². The number of aliphatic hydroxyl groups is 2. The summed E-state index contributed by atoms with van der Waals surface area (Å²) < 4.78 is 25.1. The number of alkyl halides is 2. The molecule has 1 fully saturated rings. The van der Waals surface area contributed by atoms with Crippen molar-refractivity contribution in [2.45, 2.75) is 38.4 Å². The van der Waals surface area contributed by atoms with E-state index in [0.29, 0.717) is 13.1 Å². The number of nitrogens with zero attached hydrogens (tertiary/aromatic N) is 1. The molecule has 0 spiro atoms. The minimum absolute atomic E-state index is 0.176. The van der Waals surface area contributed by atoms with Crippen LogP contribution in [0.15, 0.2) is 0 Å². The van der Waals surface area contributed by atoms with Gasteiger partial charge in [-0.1, -0.05) is 13.3 Å². The van der Waals surface area contributed by atoms with Crippen molar-refractivity contribution in [3.8, 4) is 0 Å². The number of unbranched alkanes of at least 4 members (excludes halogenated alkanes) is 1. The van der Waals surface area contributed by atoms with Crippen molar-refractivity contribution in [3.63, 3.8) is 0 Å². The lowest BCUT2D eigenvalue weighted by atomic mass is 9.93. The Morgan fingerprint density at radius 3 is 2.53 bits per heavy atom. The highest BCUT2D eigenvalue weighted by molar-refractivity contribution is 4.87. The van der Waals surface area contributed by atoms with E-state index in [0.717, 1.165) is 12.8 Å². The molecule has 1 rings (SSSR count). The number of halogens is 2. The van der Waals surface area contributed by atoms with Crippen LogP contribution < -0.4 is 0 Å². The van der Waals surface area contributed by atoms with Gasteiger partial charge < -0.3 is 15.1 Å². The van der Waals surface area contributed by atoms with E-state index in [2.05, 4.69) is 0 Å². The van der Waals surface area contributed by atoms with Gasteiger partial charge in [0.2, 0.25) is 6.43 Å². The van der Waals surface area contributed by atoms with Crippen LogP contribution in [0.1, 0.15) is 19.8 Å². The highest BCUT2D eigenvalue weighted by Crippen LogP contribution is 2.23. The summed E-state index contributed by atoms with van der Waals surface area (Å²) in [5.41, 5.74) is 0. The van der Waals surface area contributed by atoms with Crippen molar-refractivity contribution in [1.82, 2.24) is 4.90 Å². The Balaban J connectivity index is 2.50. The van der Waals surface area contributed by atoms with Gasteiger partial charge in [0.1, 0.15) is 0 Å². The van der Waals surface area contributed by atoms with Crippen molar-refractivity contribution in [2.24, 2.45) is 5.92 Å². The van der Waals surface area contributed by atoms with Gasteiger partial charge in [0.05, 0.1) is 18.1 Å². The van der Waals surface area contributed by atoms with Crippen LogP contribution in [-0.4, -0.2) is 53.4 Å². The van der Waals surface area contributed by atoms with Crippen LogP contribution in [0.2, 0.25) is 0 Å². The summed E-state index contributed by atoms with van der Waals surface area (Å²) in [5.74, 6) is -1.12. The maximum atomic E-state index is 12.5. The van der Waals surface area contributed by atoms with E-state index in [4.69, 9.17) is 0 Å². The quantitative estimate of drug-likeness (QED) is 0.737. The second-order valence-electron chi connectivity index (χ2n) is 4.17. The maximum absolute atomic E-state index is 12.5. The molecule has 0 saturated carbocycles. The number of β-amino-alcohol motifs (C(OH)–C–C–N with tert-alkyl or cyclic N) is 1. The molecular formula is C10H19F2NO2. The Bertz CT molecular complexity index is 192. The van der Waals surface area contributed by atoms with Gasteiger partial charge in [-0.2, -0.15) is 0 Å². The Hall–Kier alpha value is -0.260. The van der Waals surface area contributed by atoms with Crippen LogP contribution in [0.3, 0.4) is 0 Å². The molecule has 1 unspecified atom stereocenters. The Morgan fingerprint density at radius 2 is 2.00 bits per heavy atom. The highest BCUT2D eigenvalue weighted by atomic mass is 19.3. The standard InChI is InChI=1S/C10H19F2NO2/c1-2-3-4-13-5-7(10(11)12)9(15)8(14)6-13/h7-10,14-15H,2-6H2,1H3/t7?,8-,9-/m1/s1. The van der Waals surface area contributed by atoms with Crippen molar-refractivity contribution >= 4 is 0 Å². The van der Waals surface area contributed by atoms with Gasteiger partial charge in [-0.3, -0.25) is 0 Å². The lowest BCUT2D eigenvalue weighted by molar-refractivity contribution is -0.116. The average Bonchev–Trinajstić information content (AvgIpc) is 2.19. The SMILES string of the molecule is CCCCN1CC(C(F)F)[C@@H](O)[C@H](O)C1. The zero-order chi connectivity index (χ0) is 11.4. The molecular weight excluding hydrogens is 204 g/mol. The molecule has 0 bridgehead atoms. The summed E-state index contributed by atoms with van der Waals surface area (Å²) in [4.78, 5) is 1.80. The summed E-state index contributed by atoms with van der Waals surface area (Å²) in [5, 5.41) is 18.8. The number of aliphatic hydroxyl groups excluding tert-OH is 2. The normalized spacial score (nSPS) is 33.6. The van der Waals surface area contributed by atoms with E-state index in [1.807, 2.05) is 6.92 Å². The predicted molar refractivity (Wildman–Crippen MR) is 52.9 cm³/mol. The fourth-order valence-corrected chi connectivity index (χ4v) is 1.93. The number of piperidine rings is 1. The zero-order valence-electron chi connectivity index (χ0n) is 8.94. The lowest BCUT2D eigenvalue weighted by Gasteiger charge is -2.38. The molecule has 3 atom stereocenters. The van der Waals surface area contributed by atoms with Crippen molar-refractivity contribution < 1.29 is 19.0 Å². The van der Waals surface area contributed by atoms with Gasteiger partial charge >= 0.3 is 0 Å². The fourth-order valence-electron chi connectivity index (χ4n) is 1.93. The first kappa shape index (κ1) is 12.8. The minimum atomic E-state index is -2.57. The number of hydrogen-bond donors (Lipinski definition) is 2. The van der Waals surface area contributed by atoms with E-state index < -0.39 is 24.6 Å². The third-order valence-corrected chi connectivity index (χ3v) is 2.90. The Labute approximate surface area is 88.7 Å². The molecule has 15 heavy (non-hydrogen) atoms. The van der Waals surface area contributed by atoms with Crippen LogP contribution in [0, 0.1) is 5.92 Å². The van der Waals surface area contributed by atoms with E-state index in [-0.39, 0.29) is 6.54 Å². The minimum Gasteiger partial charge on any atom is -0.390 e. The first-order valence-corrected chi connectivity index (χ1v) is 5.43. The molecule has 0 aromatic carbocycles. The molecule has 0 aliphatic carbocycles. The van der Waals surface area contributed by atoms with Crippen molar-refractivity contribution in [3.05, 3.63) is 0 Å². The third kappa shape index (κ3) is 3.36. The largest absolute Gasteiger partial charge is 0.390 e. The molecule has 1 aliphatic heterocycles. The summed E-state index contributed by atoms with van der Waals surface area (Å²) in [6.45, 7) is 3.21. The maximum Gasteiger partial charge on any atom is 0.245 e. The number of hydrogen-bond acceptors (Lipinski definition) is 3. The van der Waals surface area contributed by atoms with Crippen molar-refractivity contribution in [1.29, 1.82) is 0 Å². The Morgan fingerprint density at radius 1 is 1.33 bits per heavy atom. The second-order valence-corrected chi connectivity index (χ2v) is 4.17. The van der Waals surface area contributed by atoms with Gasteiger partial charge in [-0.05, 0) is 13.0 Å². The molecule has 3 nitrogen and oxygen atoms in total. The molecule has 1 aliphatic rings. The van der Waals surface area contributed by atoms with Gasteiger partial charge in [-0.15, -0.1) is 0 Å². The summed E-state index contributed by atoms with van der Waals surface area (Å²) in [6, 6.07) is 0. The van der Waals surface area contributed by atoms with Crippen LogP contribution in [-0.2, 0) is 0 Å². The molecule has 0 radical (unpaired) electrons. The first-order valence-electron chi connectivity index (χ1n) is 5.43. The van der Waals surface area contributed by atoms with E-state index in [1.54, 1.807) is 4.90 Å². The van der Waals surface area contributed by atoms with Crippen LogP contribution in [0.4, 0.5) is 8.78 Å². The Kier molecular flexibility index (Phi) is 4.89. The summed E-state index contributed by atoms with van der Waals surface area (Å²) in [6.07, 6.45) is -2.98. The van der Waals surface area contributed by atoms with Crippen LogP contribution >= 0.6 is 0 Å². The molecule has 0 aromatic rings. The van der Waals surface area contributed by atoms with E-state index in [9.17, 15) is 19.0 Å². The molecule has 1 saturated heterocycles. The van der Waals surface area contributed by atoms with Gasteiger partial charge in [0.15, 0.2) is 0 Å². The second kappa shape index (κ2) is 5.72. The third-order valence-electron chi connectivity index (χ3n) is 2.90. The number of likely N-dealkylation sites (tertiary alicyclic amines) is 1. The molecule has 0 aromatic heterocycles. The average molecular weight is 223 g/mol. The van der Waals surface area contributed by atoms with Crippen LogP contribution in [0.5, 0.6) is 0 Å². The van der Waals surface area contributed by atoms with Gasteiger partial charge in [0.25, 0.3) is 0 Å². The van der Waals surface area contributed by atoms with E-state index in [1.165, 1.54) is 0 Å². The van der Waals surface area contributed by atoms with Crippen LogP contribution in [0.25, 0.3) is 0 Å². The highest BCUT2D eigenvalue weighted by Gasteiger charge is 2.39. The fraction of sp³-hybridized carbons (Fsp3) is 1.00. The predicted octanol–water partition coefficient (Wildman–Crippen LogP) is 0.705. The smallest absolute Gasteiger partial charge is 0.245 e. The molecule has 0 amide bonds. The van der Waals surface area contributed by atoms with Gasteiger partial charge in [0, 0.05) is 13.1 Å². The topological polar surface area (TPSA) is 43.7 Å². The molecule has 1 heterocycles. The van der Waals surface area contributed by atoms with Crippen molar-refractivity contribution in [2.75, 3.05) is 19.6 Å².